The number of aromatic nitrogens is 2. The molecule has 1 aliphatic heterocycles. The van der Waals surface area contributed by atoms with Crippen LogP contribution in [-0.4, -0.2) is 56.9 Å². The number of nitrogens with zero attached hydrogens (tertiary/aromatic N) is 4. The maximum absolute atomic E-state index is 12.6. The SMILES string of the molecule is CCn1c(=O)n(CCC(=O)N2CCN(C(=O)C(C)C)CC2)c2ccccc21. The second-order valence-electron chi connectivity index (χ2n) is 7.28. The van der Waals surface area contributed by atoms with Gasteiger partial charge in [-0.25, -0.2) is 4.79 Å². The van der Waals surface area contributed by atoms with Crippen molar-refractivity contribution in [3.63, 3.8) is 0 Å². The zero-order valence-electron chi connectivity index (χ0n) is 16.4. The Morgan fingerprint density at radius 1 is 0.963 bits per heavy atom. The van der Waals surface area contributed by atoms with Crippen LogP contribution < -0.4 is 5.69 Å². The number of para-hydroxylation sites is 2. The average molecular weight is 372 g/mol. The number of amides is 2. The predicted molar refractivity (Wildman–Crippen MR) is 104 cm³/mol. The van der Waals surface area contributed by atoms with Crippen LogP contribution >= 0.6 is 0 Å². The quantitative estimate of drug-likeness (QED) is 0.800. The standard InChI is InChI=1S/C20H28N4O3/c1-4-23-16-7-5-6-8-17(16)24(20(23)27)10-9-18(25)21-11-13-22(14-12-21)19(26)15(2)3/h5-8,15H,4,9-14H2,1-3H3. The number of benzene rings is 1. The molecular weight excluding hydrogens is 344 g/mol. The van der Waals surface area contributed by atoms with Crippen molar-refractivity contribution in [1.82, 2.24) is 18.9 Å². The van der Waals surface area contributed by atoms with Crippen molar-refractivity contribution < 1.29 is 9.59 Å². The fourth-order valence-electron chi connectivity index (χ4n) is 3.70. The third-order valence-electron chi connectivity index (χ3n) is 5.23. The van der Waals surface area contributed by atoms with Crippen molar-refractivity contribution in [2.45, 2.75) is 40.3 Å². The highest BCUT2D eigenvalue weighted by molar-refractivity contribution is 5.80. The Bertz CT molecular complexity index is 888. The fraction of sp³-hybridized carbons (Fsp3) is 0.550. The second kappa shape index (κ2) is 7.98. The van der Waals surface area contributed by atoms with Crippen molar-refractivity contribution in [2.24, 2.45) is 5.92 Å². The smallest absolute Gasteiger partial charge is 0.329 e. The molecule has 1 saturated heterocycles. The molecule has 1 aliphatic rings. The van der Waals surface area contributed by atoms with E-state index in [1.54, 1.807) is 14.0 Å². The minimum Gasteiger partial charge on any atom is -0.339 e. The van der Waals surface area contributed by atoms with Gasteiger partial charge in [-0.1, -0.05) is 26.0 Å². The molecule has 7 nitrogen and oxygen atoms in total. The molecule has 0 unspecified atom stereocenters. The van der Waals surface area contributed by atoms with Crippen molar-refractivity contribution in [3.8, 4) is 0 Å². The van der Waals surface area contributed by atoms with E-state index in [1.165, 1.54) is 0 Å². The molecular formula is C20H28N4O3. The van der Waals surface area contributed by atoms with E-state index in [9.17, 15) is 14.4 Å². The van der Waals surface area contributed by atoms with Gasteiger partial charge >= 0.3 is 5.69 Å². The number of hydrogen-bond acceptors (Lipinski definition) is 3. The van der Waals surface area contributed by atoms with Gasteiger partial charge in [-0.2, -0.15) is 0 Å². The van der Waals surface area contributed by atoms with Gasteiger partial charge in [-0.15, -0.1) is 0 Å². The van der Waals surface area contributed by atoms with E-state index >= 15 is 0 Å². The molecule has 2 aromatic rings. The van der Waals surface area contributed by atoms with Gasteiger partial charge < -0.3 is 9.80 Å². The molecule has 27 heavy (non-hydrogen) atoms. The molecule has 0 aliphatic carbocycles. The van der Waals surface area contributed by atoms with E-state index in [0.717, 1.165) is 11.0 Å². The van der Waals surface area contributed by atoms with Crippen LogP contribution in [0.25, 0.3) is 11.0 Å². The summed E-state index contributed by atoms with van der Waals surface area (Å²) in [7, 11) is 0. The summed E-state index contributed by atoms with van der Waals surface area (Å²) in [4.78, 5) is 40.9. The Balaban J connectivity index is 1.64. The first-order valence-corrected chi connectivity index (χ1v) is 9.68. The van der Waals surface area contributed by atoms with Crippen LogP contribution in [0.1, 0.15) is 27.2 Å². The number of piperazine rings is 1. The largest absolute Gasteiger partial charge is 0.339 e. The lowest BCUT2D eigenvalue weighted by Crippen LogP contribution is -2.51. The second-order valence-corrected chi connectivity index (χ2v) is 7.28. The first-order chi connectivity index (χ1) is 12.9. The summed E-state index contributed by atoms with van der Waals surface area (Å²) < 4.78 is 3.42. The number of hydrogen-bond donors (Lipinski definition) is 0. The molecule has 7 heteroatoms. The first-order valence-electron chi connectivity index (χ1n) is 9.68. The third kappa shape index (κ3) is 3.77. The Kier molecular flexibility index (Phi) is 5.68. The van der Waals surface area contributed by atoms with E-state index in [4.69, 9.17) is 0 Å². The van der Waals surface area contributed by atoms with Crippen LogP contribution in [0, 0.1) is 5.92 Å². The topological polar surface area (TPSA) is 67.6 Å². The Hall–Kier alpha value is -2.57. The van der Waals surface area contributed by atoms with Crippen LogP contribution in [0.15, 0.2) is 29.1 Å². The number of carbonyl (C=O) groups is 2. The fourth-order valence-corrected chi connectivity index (χ4v) is 3.70. The summed E-state index contributed by atoms with van der Waals surface area (Å²) in [5, 5.41) is 0. The molecule has 0 atom stereocenters. The highest BCUT2D eigenvalue weighted by atomic mass is 16.2. The monoisotopic (exact) mass is 372 g/mol. The molecule has 1 aromatic heterocycles. The number of fused-ring (bicyclic) bond motifs is 1. The Labute approximate surface area is 159 Å². The molecule has 0 saturated carbocycles. The van der Waals surface area contributed by atoms with Gasteiger partial charge in [0.1, 0.15) is 0 Å². The molecule has 1 aromatic carbocycles. The van der Waals surface area contributed by atoms with Crippen LogP contribution in [0.3, 0.4) is 0 Å². The molecule has 2 heterocycles. The summed E-state index contributed by atoms with van der Waals surface area (Å²) in [6.45, 7) is 8.99. The van der Waals surface area contributed by atoms with Crippen molar-refractivity contribution in [2.75, 3.05) is 26.2 Å². The molecule has 0 N–H and O–H groups in total. The minimum absolute atomic E-state index is 0.0185. The summed E-state index contributed by atoms with van der Waals surface area (Å²) in [6.07, 6.45) is 0.287. The van der Waals surface area contributed by atoms with Gasteiger partial charge in [-0.05, 0) is 19.1 Å². The molecule has 3 rings (SSSR count). The highest BCUT2D eigenvalue weighted by Gasteiger charge is 2.25. The molecule has 0 bridgehead atoms. The number of imidazole rings is 1. The van der Waals surface area contributed by atoms with Crippen LogP contribution in [-0.2, 0) is 22.7 Å². The van der Waals surface area contributed by atoms with Crippen LogP contribution in [0.4, 0.5) is 0 Å². The van der Waals surface area contributed by atoms with E-state index in [0.29, 0.717) is 39.3 Å². The first kappa shape index (κ1) is 19.2. The lowest BCUT2D eigenvalue weighted by Gasteiger charge is -2.35. The maximum atomic E-state index is 12.6. The van der Waals surface area contributed by atoms with Gasteiger partial charge in [0.05, 0.1) is 11.0 Å². The molecule has 0 spiro atoms. The number of carbonyl (C=O) groups excluding carboxylic acids is 2. The van der Waals surface area contributed by atoms with Gasteiger partial charge in [0.15, 0.2) is 0 Å². The molecule has 146 valence electrons. The summed E-state index contributed by atoms with van der Waals surface area (Å²) in [5.74, 6) is 0.155. The van der Waals surface area contributed by atoms with E-state index in [-0.39, 0.29) is 29.8 Å². The average Bonchev–Trinajstić information content (AvgIpc) is 2.96. The summed E-state index contributed by atoms with van der Waals surface area (Å²) in [6, 6.07) is 7.68. The molecule has 1 fully saturated rings. The van der Waals surface area contributed by atoms with Gasteiger partial charge in [0.2, 0.25) is 11.8 Å². The minimum atomic E-state index is -0.0705. The summed E-state index contributed by atoms with van der Waals surface area (Å²) >= 11 is 0. The van der Waals surface area contributed by atoms with E-state index in [1.807, 2.05) is 49.9 Å². The predicted octanol–water partition coefficient (Wildman–Crippen LogP) is 1.54. The van der Waals surface area contributed by atoms with Crippen molar-refractivity contribution in [3.05, 3.63) is 34.7 Å². The van der Waals surface area contributed by atoms with Gasteiger partial charge in [0, 0.05) is 51.6 Å². The zero-order chi connectivity index (χ0) is 19.6. The number of rotatable bonds is 5. The van der Waals surface area contributed by atoms with E-state index < -0.39 is 0 Å². The molecule has 2 amide bonds. The van der Waals surface area contributed by atoms with Crippen LogP contribution in [0.2, 0.25) is 0 Å². The third-order valence-corrected chi connectivity index (χ3v) is 5.23. The van der Waals surface area contributed by atoms with Gasteiger partial charge in [0.25, 0.3) is 0 Å². The van der Waals surface area contributed by atoms with Crippen molar-refractivity contribution in [1.29, 1.82) is 0 Å². The van der Waals surface area contributed by atoms with E-state index in [2.05, 4.69) is 0 Å². The molecule has 0 radical (unpaired) electrons. The van der Waals surface area contributed by atoms with Gasteiger partial charge in [-0.3, -0.25) is 18.7 Å². The Morgan fingerprint density at radius 3 is 2.07 bits per heavy atom. The zero-order valence-corrected chi connectivity index (χ0v) is 16.4. The lowest BCUT2D eigenvalue weighted by molar-refractivity contribution is -0.141. The Morgan fingerprint density at radius 2 is 1.52 bits per heavy atom. The highest BCUT2D eigenvalue weighted by Crippen LogP contribution is 2.14. The summed E-state index contributed by atoms with van der Waals surface area (Å²) in [5.41, 5.74) is 1.70. The lowest BCUT2D eigenvalue weighted by atomic mass is 10.1. The van der Waals surface area contributed by atoms with Crippen LogP contribution in [0.5, 0.6) is 0 Å². The number of aryl methyl sites for hydroxylation is 2. The maximum Gasteiger partial charge on any atom is 0.329 e. The normalized spacial score (nSPS) is 15.0. The van der Waals surface area contributed by atoms with Crippen molar-refractivity contribution >= 4 is 22.8 Å².